The summed E-state index contributed by atoms with van der Waals surface area (Å²) >= 11 is 3.22. The van der Waals surface area contributed by atoms with Gasteiger partial charge >= 0.3 is 0 Å². The molecular weight excluding hydrogens is 406 g/mol. The van der Waals surface area contributed by atoms with Gasteiger partial charge in [0.05, 0.1) is 4.90 Å². The normalized spacial score (nSPS) is 15.9. The summed E-state index contributed by atoms with van der Waals surface area (Å²) in [6.07, 6.45) is 2.25. The lowest BCUT2D eigenvalue weighted by Gasteiger charge is -2.14. The highest BCUT2D eigenvalue weighted by atomic mass is 79.9. The third kappa shape index (κ3) is 4.90. The van der Waals surface area contributed by atoms with E-state index in [0.717, 1.165) is 17.1 Å². The Kier molecular flexibility index (Phi) is 7.03. The van der Waals surface area contributed by atoms with E-state index >= 15 is 0 Å². The van der Waals surface area contributed by atoms with Gasteiger partial charge < -0.3 is 11.1 Å². The first-order valence-electron chi connectivity index (χ1n) is 6.99. The number of hydrogen-bond donors (Lipinski definition) is 2. The summed E-state index contributed by atoms with van der Waals surface area (Å²) in [6, 6.07) is 4.42. The molecule has 0 radical (unpaired) electrons. The van der Waals surface area contributed by atoms with Gasteiger partial charge in [-0.3, -0.25) is 4.79 Å². The molecule has 1 atom stereocenters. The molecule has 1 aliphatic carbocycles. The Bertz CT molecular complexity index is 678. The minimum atomic E-state index is -3.54. The lowest BCUT2D eigenvalue weighted by molar-refractivity contribution is 0.0950. The SMILES string of the molecule is CN(C)S(=O)(=O)c1ccc(C(=O)NCC(N)C2CC2)cc1Br.Cl. The summed E-state index contributed by atoms with van der Waals surface area (Å²) in [4.78, 5) is 12.2. The van der Waals surface area contributed by atoms with E-state index in [1.807, 2.05) is 0 Å². The van der Waals surface area contributed by atoms with Crippen LogP contribution < -0.4 is 11.1 Å². The Hall–Kier alpha value is -0.670. The predicted molar refractivity (Wildman–Crippen MR) is 95.3 cm³/mol. The number of nitrogens with zero attached hydrogens (tertiary/aromatic N) is 1. The van der Waals surface area contributed by atoms with Gasteiger partial charge in [-0.15, -0.1) is 12.4 Å². The van der Waals surface area contributed by atoms with Crippen LogP contribution in [0.4, 0.5) is 0 Å². The summed E-state index contributed by atoms with van der Waals surface area (Å²) in [5.74, 6) is 0.255. The fourth-order valence-electron chi connectivity index (χ4n) is 2.05. The quantitative estimate of drug-likeness (QED) is 0.722. The predicted octanol–water partition coefficient (Wildman–Crippen LogP) is 1.59. The number of benzene rings is 1. The largest absolute Gasteiger partial charge is 0.350 e. The van der Waals surface area contributed by atoms with E-state index in [0.29, 0.717) is 22.5 Å². The Labute approximate surface area is 151 Å². The molecule has 1 saturated carbocycles. The Balaban J connectivity index is 0.00000264. The second kappa shape index (κ2) is 7.94. The molecule has 3 N–H and O–H groups in total. The molecule has 1 aromatic rings. The molecule has 0 saturated heterocycles. The van der Waals surface area contributed by atoms with Crippen molar-refractivity contribution in [3.63, 3.8) is 0 Å². The third-order valence-corrected chi connectivity index (χ3v) is 6.47. The number of carbonyl (C=O) groups is 1. The highest BCUT2D eigenvalue weighted by Crippen LogP contribution is 2.31. The Morgan fingerprint density at radius 3 is 2.52 bits per heavy atom. The second-order valence-electron chi connectivity index (χ2n) is 5.64. The third-order valence-electron chi connectivity index (χ3n) is 3.68. The van der Waals surface area contributed by atoms with Gasteiger partial charge in [-0.05, 0) is 52.9 Å². The number of nitrogens with two attached hydrogens (primary N) is 1. The van der Waals surface area contributed by atoms with E-state index in [-0.39, 0.29) is 29.3 Å². The maximum atomic E-state index is 12.1. The average molecular weight is 427 g/mol. The standard InChI is InChI=1S/C14H20BrN3O3S.ClH/c1-18(2)22(20,21)13-6-5-10(7-11(13)15)14(19)17-8-12(16)9-3-4-9;/h5-7,9,12H,3-4,8,16H2,1-2H3,(H,17,19);1H. The minimum absolute atomic E-state index is 0. The first kappa shape index (κ1) is 20.4. The van der Waals surface area contributed by atoms with Gasteiger partial charge in [0.25, 0.3) is 5.91 Å². The molecule has 1 unspecified atom stereocenters. The molecule has 0 aliphatic heterocycles. The molecule has 1 aliphatic rings. The molecule has 0 heterocycles. The zero-order chi connectivity index (χ0) is 16.5. The summed E-state index contributed by atoms with van der Waals surface area (Å²) in [5, 5.41) is 2.78. The van der Waals surface area contributed by atoms with Crippen LogP contribution in [0.15, 0.2) is 27.6 Å². The molecule has 23 heavy (non-hydrogen) atoms. The van der Waals surface area contributed by atoms with Crippen LogP contribution in [0.5, 0.6) is 0 Å². The lowest BCUT2D eigenvalue weighted by atomic mass is 10.2. The van der Waals surface area contributed by atoms with Crippen molar-refractivity contribution < 1.29 is 13.2 Å². The van der Waals surface area contributed by atoms with Gasteiger partial charge in [0.2, 0.25) is 10.0 Å². The van der Waals surface area contributed by atoms with Gasteiger partial charge in [-0.2, -0.15) is 0 Å². The van der Waals surface area contributed by atoms with Crippen molar-refractivity contribution in [2.24, 2.45) is 11.7 Å². The van der Waals surface area contributed by atoms with Crippen molar-refractivity contribution in [3.8, 4) is 0 Å². The lowest BCUT2D eigenvalue weighted by Crippen LogP contribution is -2.38. The highest BCUT2D eigenvalue weighted by molar-refractivity contribution is 9.10. The van der Waals surface area contributed by atoms with Crippen LogP contribution in [0.3, 0.4) is 0 Å². The topological polar surface area (TPSA) is 92.5 Å². The minimum Gasteiger partial charge on any atom is -0.350 e. The van der Waals surface area contributed by atoms with E-state index in [1.54, 1.807) is 0 Å². The molecule has 1 amide bonds. The van der Waals surface area contributed by atoms with Gasteiger partial charge in [-0.1, -0.05) is 0 Å². The number of halogens is 2. The smallest absolute Gasteiger partial charge is 0.251 e. The maximum Gasteiger partial charge on any atom is 0.251 e. The zero-order valence-corrected chi connectivity index (χ0v) is 16.2. The molecule has 130 valence electrons. The highest BCUT2D eigenvalue weighted by Gasteiger charge is 2.28. The van der Waals surface area contributed by atoms with Gasteiger partial charge in [0, 0.05) is 36.7 Å². The fraction of sp³-hybridized carbons (Fsp3) is 0.500. The van der Waals surface area contributed by atoms with Crippen molar-refractivity contribution in [3.05, 3.63) is 28.2 Å². The van der Waals surface area contributed by atoms with Crippen molar-refractivity contribution in [1.29, 1.82) is 0 Å². The van der Waals surface area contributed by atoms with E-state index in [2.05, 4.69) is 21.2 Å². The van der Waals surface area contributed by atoms with Crippen LogP contribution in [-0.2, 0) is 10.0 Å². The number of sulfonamides is 1. The molecule has 2 rings (SSSR count). The van der Waals surface area contributed by atoms with Crippen LogP contribution in [0, 0.1) is 5.92 Å². The number of amides is 1. The first-order chi connectivity index (χ1) is 10.2. The summed E-state index contributed by atoms with van der Waals surface area (Å²) in [7, 11) is -0.624. The Morgan fingerprint density at radius 1 is 1.43 bits per heavy atom. The summed E-state index contributed by atoms with van der Waals surface area (Å²) in [5.41, 5.74) is 6.34. The van der Waals surface area contributed by atoms with Gasteiger partial charge in [0.1, 0.15) is 0 Å². The average Bonchev–Trinajstić information content (AvgIpc) is 3.28. The van der Waals surface area contributed by atoms with E-state index < -0.39 is 10.0 Å². The summed E-state index contributed by atoms with van der Waals surface area (Å²) in [6.45, 7) is 0.429. The molecule has 6 nitrogen and oxygen atoms in total. The van der Waals surface area contributed by atoms with Crippen LogP contribution in [0.25, 0.3) is 0 Å². The number of rotatable bonds is 6. The van der Waals surface area contributed by atoms with Crippen molar-refractivity contribution >= 4 is 44.3 Å². The monoisotopic (exact) mass is 425 g/mol. The molecule has 1 fully saturated rings. The Morgan fingerprint density at radius 2 is 2.04 bits per heavy atom. The number of hydrogen-bond acceptors (Lipinski definition) is 4. The van der Waals surface area contributed by atoms with Gasteiger partial charge in [-0.25, -0.2) is 12.7 Å². The summed E-state index contributed by atoms with van der Waals surface area (Å²) < 4.78 is 25.7. The van der Waals surface area contributed by atoms with E-state index in [9.17, 15) is 13.2 Å². The molecule has 9 heteroatoms. The second-order valence-corrected chi connectivity index (χ2v) is 8.62. The van der Waals surface area contributed by atoms with Crippen molar-refractivity contribution in [1.82, 2.24) is 9.62 Å². The molecular formula is C14H21BrClN3O3S. The van der Waals surface area contributed by atoms with E-state index in [4.69, 9.17) is 5.73 Å². The van der Waals surface area contributed by atoms with Crippen LogP contribution in [-0.4, -0.2) is 45.3 Å². The molecule has 0 aromatic heterocycles. The molecule has 0 bridgehead atoms. The number of nitrogens with one attached hydrogen (secondary N) is 1. The van der Waals surface area contributed by atoms with Crippen LogP contribution in [0.2, 0.25) is 0 Å². The van der Waals surface area contributed by atoms with Gasteiger partial charge in [0.15, 0.2) is 0 Å². The molecule has 1 aromatic carbocycles. The van der Waals surface area contributed by atoms with Crippen LogP contribution in [0.1, 0.15) is 23.2 Å². The zero-order valence-electron chi connectivity index (χ0n) is 13.0. The number of carbonyl (C=O) groups excluding carboxylic acids is 1. The van der Waals surface area contributed by atoms with Crippen LogP contribution >= 0.6 is 28.3 Å². The van der Waals surface area contributed by atoms with Crippen molar-refractivity contribution in [2.45, 2.75) is 23.8 Å². The fourth-order valence-corrected chi connectivity index (χ4v) is 3.98. The van der Waals surface area contributed by atoms with E-state index in [1.165, 1.54) is 32.3 Å². The van der Waals surface area contributed by atoms with Crippen molar-refractivity contribution in [2.75, 3.05) is 20.6 Å². The maximum absolute atomic E-state index is 12.1. The molecule has 0 spiro atoms. The first-order valence-corrected chi connectivity index (χ1v) is 9.22.